The van der Waals surface area contributed by atoms with Gasteiger partial charge in [0, 0.05) is 62.4 Å². The fraction of sp³-hybridized carbons (Fsp3) is 0.156. The van der Waals surface area contributed by atoms with Crippen LogP contribution in [0.1, 0.15) is 54.6 Å². The number of nitrogens with zero attached hydrogens (tertiary/aromatic N) is 12. The van der Waals surface area contributed by atoms with Gasteiger partial charge in [-0.05, 0) is 96.1 Å². The van der Waals surface area contributed by atoms with Crippen molar-refractivity contribution in [3.05, 3.63) is 237 Å². The monoisotopic (exact) mass is 1280 g/mol. The van der Waals surface area contributed by atoms with Crippen molar-refractivity contribution in [1.29, 1.82) is 0 Å². The Labute approximate surface area is 518 Å². The number of methoxy groups -OCH3 is 2. The number of hydrogen-bond donors (Lipinski definition) is 0. The van der Waals surface area contributed by atoms with Crippen LogP contribution in [0.3, 0.4) is 0 Å². The van der Waals surface area contributed by atoms with Crippen molar-refractivity contribution >= 4 is 34.0 Å². The predicted octanol–water partition coefficient (Wildman–Crippen LogP) is 11.7. The summed E-state index contributed by atoms with van der Waals surface area (Å²) in [6.07, 6.45) is 4.66. The molecule has 0 amide bonds. The first-order valence-electron chi connectivity index (χ1n) is 27.9. The highest BCUT2D eigenvalue weighted by Gasteiger charge is 2.29. The van der Waals surface area contributed by atoms with Crippen molar-refractivity contribution in [2.75, 3.05) is 27.4 Å². The summed E-state index contributed by atoms with van der Waals surface area (Å²) in [5.41, 5.74) is -3.69. The molecule has 0 radical (unpaired) electrons. The number of carbonyl (C=O) groups is 2. The average Bonchev–Trinajstić information content (AvgIpc) is 1.73. The third kappa shape index (κ3) is 12.7. The van der Waals surface area contributed by atoms with Gasteiger partial charge in [-0.2, -0.15) is 0 Å². The number of ether oxygens (including phenoxy) is 5. The molecule has 6 aromatic heterocycles. The van der Waals surface area contributed by atoms with Gasteiger partial charge in [0.05, 0.1) is 82.9 Å². The standard InChI is InChI=1S/C64H44F10N12O7/c1-89-21-19-83-51-25-35(23-47(69)59(51)79-53(83)29-39-45(67)27-41(57(73)55(39)71)49-13-11-43(65)61(77-49)91-31-33-3-7-37(8-4-33)85-17-15-75-81-85)63(87)93-64(88)36-24-48(70)60-52(26-36)84(20-22-90-2)54(80-60)30-40-46(68)28-42(58(74)56(40)72)50-14-12-44(66)62(78-50)92-32-34-5-9-38(10-6-34)86-18-16-76-82-86/h3-18,23-28H,19-22,29-32H2,1-2H3. The van der Waals surface area contributed by atoms with Crippen LogP contribution >= 0.6 is 0 Å². The molecule has 0 bridgehead atoms. The fourth-order valence-electron chi connectivity index (χ4n) is 10.1. The highest BCUT2D eigenvalue weighted by atomic mass is 19.2. The summed E-state index contributed by atoms with van der Waals surface area (Å²) >= 11 is 0. The Hall–Kier alpha value is -11.2. The summed E-state index contributed by atoms with van der Waals surface area (Å²) in [6, 6.07) is 22.0. The minimum absolute atomic E-state index is 0.109. The van der Waals surface area contributed by atoms with Crippen LogP contribution in [0, 0.1) is 58.2 Å². The predicted molar refractivity (Wildman–Crippen MR) is 309 cm³/mol. The number of esters is 2. The highest BCUT2D eigenvalue weighted by Crippen LogP contribution is 2.35. The fourth-order valence-corrected chi connectivity index (χ4v) is 10.1. The Bertz CT molecular complexity index is 4520. The van der Waals surface area contributed by atoms with E-state index in [4.69, 9.17) is 23.7 Å². The summed E-state index contributed by atoms with van der Waals surface area (Å²) in [5.74, 6) is -17.9. The number of benzene rings is 6. The first-order valence-corrected chi connectivity index (χ1v) is 27.9. The number of rotatable bonds is 22. The van der Waals surface area contributed by atoms with Crippen molar-refractivity contribution in [3.63, 3.8) is 0 Å². The quantitative estimate of drug-likeness (QED) is 0.0268. The van der Waals surface area contributed by atoms with Crippen molar-refractivity contribution in [2.24, 2.45) is 0 Å². The van der Waals surface area contributed by atoms with Crippen LogP contribution in [0.2, 0.25) is 0 Å². The van der Waals surface area contributed by atoms with Gasteiger partial charge in [0.25, 0.3) is 11.8 Å². The van der Waals surface area contributed by atoms with Crippen LogP contribution in [0.4, 0.5) is 43.9 Å². The molecule has 472 valence electrons. The summed E-state index contributed by atoms with van der Waals surface area (Å²) in [5, 5.41) is 15.3. The zero-order chi connectivity index (χ0) is 65.2. The Kier molecular flexibility index (Phi) is 17.6. The van der Waals surface area contributed by atoms with Gasteiger partial charge in [-0.1, -0.05) is 34.7 Å². The van der Waals surface area contributed by atoms with E-state index in [9.17, 15) is 18.4 Å². The van der Waals surface area contributed by atoms with Crippen molar-refractivity contribution in [2.45, 2.75) is 39.1 Å². The van der Waals surface area contributed by atoms with Gasteiger partial charge in [0.2, 0.25) is 0 Å². The van der Waals surface area contributed by atoms with E-state index in [1.807, 2.05) is 0 Å². The molecule has 12 rings (SSSR count). The summed E-state index contributed by atoms with van der Waals surface area (Å²) < 4.78 is 191. The first kappa shape index (κ1) is 62.0. The molecule has 0 saturated heterocycles. The first-order chi connectivity index (χ1) is 44.9. The Morgan fingerprint density at radius 3 is 1.24 bits per heavy atom. The molecule has 19 nitrogen and oxygen atoms in total. The van der Waals surface area contributed by atoms with E-state index in [1.165, 1.54) is 45.1 Å². The SMILES string of the molecule is COCCn1c(Cc2c(F)cc(-c3ccc(F)c(OCc4ccc(-n5ccnn5)cc4)n3)c(F)c2F)nc2c(F)cc(C(=O)OC(=O)c3cc(F)c4nc(Cc5c(F)cc(-c6ccc(F)c(OCc7ccc(-n8ccnn8)cc7)n6)c(F)c5F)n(CCOC)c4c3)cc21. The molecule has 0 N–H and O–H groups in total. The van der Waals surface area contributed by atoms with Gasteiger partial charge >= 0.3 is 11.9 Å². The molecule has 0 saturated carbocycles. The van der Waals surface area contributed by atoms with Crippen LogP contribution < -0.4 is 9.47 Å². The average molecular weight is 1280 g/mol. The maximum absolute atomic E-state index is 16.1. The number of pyridine rings is 2. The van der Waals surface area contributed by atoms with Crippen LogP contribution in [0.15, 0.2) is 134 Å². The van der Waals surface area contributed by atoms with Gasteiger partial charge in [-0.3, -0.25) is 0 Å². The van der Waals surface area contributed by atoms with E-state index in [2.05, 4.69) is 40.6 Å². The zero-order valence-corrected chi connectivity index (χ0v) is 48.4. The second-order valence-electron chi connectivity index (χ2n) is 20.6. The molecule has 6 heterocycles. The third-order valence-electron chi connectivity index (χ3n) is 14.8. The molecule has 0 spiro atoms. The van der Waals surface area contributed by atoms with Crippen LogP contribution in [0.5, 0.6) is 11.8 Å². The number of halogens is 10. The lowest BCUT2D eigenvalue weighted by Crippen LogP contribution is -2.15. The van der Waals surface area contributed by atoms with Gasteiger partial charge < -0.3 is 32.8 Å². The van der Waals surface area contributed by atoms with E-state index in [-0.39, 0.29) is 73.6 Å². The molecule has 0 aliphatic heterocycles. The molecule has 0 fully saturated rings. The minimum atomic E-state index is -1.68. The molecule has 0 aliphatic rings. The number of aromatic nitrogens is 12. The highest BCUT2D eigenvalue weighted by molar-refractivity contribution is 6.05. The van der Waals surface area contributed by atoms with Gasteiger partial charge in [0.1, 0.15) is 47.5 Å². The molecular weight excluding hydrogens is 1240 g/mol. The molecular formula is C64H44F10N12O7. The molecule has 93 heavy (non-hydrogen) atoms. The van der Waals surface area contributed by atoms with E-state index in [0.717, 1.165) is 36.4 Å². The van der Waals surface area contributed by atoms with Crippen LogP contribution in [0.25, 0.3) is 56.0 Å². The lowest BCUT2D eigenvalue weighted by atomic mass is 10.0. The topological polar surface area (TPSA) is 203 Å². The molecule has 0 atom stereocenters. The minimum Gasteiger partial charge on any atom is -0.471 e. The van der Waals surface area contributed by atoms with Gasteiger partial charge in [-0.25, -0.2) is 82.8 Å². The molecule has 29 heteroatoms. The summed E-state index contributed by atoms with van der Waals surface area (Å²) in [6.45, 7) is -0.959. The van der Waals surface area contributed by atoms with Crippen molar-refractivity contribution in [1.82, 2.24) is 59.1 Å². The summed E-state index contributed by atoms with van der Waals surface area (Å²) in [7, 11) is 2.64. The molecule has 0 aliphatic carbocycles. The maximum Gasteiger partial charge on any atom is 0.346 e. The number of fused-ring (bicyclic) bond motifs is 2. The Morgan fingerprint density at radius 1 is 0.452 bits per heavy atom. The van der Waals surface area contributed by atoms with Crippen molar-refractivity contribution in [3.8, 4) is 45.6 Å². The maximum atomic E-state index is 16.1. The van der Waals surface area contributed by atoms with Gasteiger partial charge in [-0.15, -0.1) is 10.2 Å². The van der Waals surface area contributed by atoms with E-state index in [0.29, 0.717) is 46.8 Å². The number of imidazole rings is 2. The summed E-state index contributed by atoms with van der Waals surface area (Å²) in [4.78, 5) is 43.9. The van der Waals surface area contributed by atoms with Crippen LogP contribution in [-0.2, 0) is 53.4 Å². The van der Waals surface area contributed by atoms with E-state index in [1.54, 1.807) is 60.9 Å². The zero-order valence-electron chi connectivity index (χ0n) is 48.4. The lowest BCUT2D eigenvalue weighted by Gasteiger charge is -2.13. The van der Waals surface area contributed by atoms with Crippen LogP contribution in [-0.4, -0.2) is 98.4 Å². The van der Waals surface area contributed by atoms with Crippen molar-refractivity contribution < 1.29 is 77.2 Å². The van der Waals surface area contributed by atoms with E-state index >= 15 is 35.1 Å². The lowest BCUT2D eigenvalue weighted by molar-refractivity contribution is 0.0397. The van der Waals surface area contributed by atoms with E-state index < -0.39 is 139 Å². The third-order valence-corrected chi connectivity index (χ3v) is 14.8. The Morgan fingerprint density at radius 2 is 0.860 bits per heavy atom. The molecule has 0 unspecified atom stereocenters. The number of carbonyl (C=O) groups excluding carboxylic acids is 2. The molecule has 12 aromatic rings. The number of hydrogen-bond acceptors (Lipinski definition) is 15. The molecule has 6 aromatic carbocycles. The second kappa shape index (κ2) is 26.3. The second-order valence-corrected chi connectivity index (χ2v) is 20.6. The Balaban J connectivity index is 0.761. The smallest absolute Gasteiger partial charge is 0.346 e. The largest absolute Gasteiger partial charge is 0.471 e. The normalized spacial score (nSPS) is 11.5. The van der Waals surface area contributed by atoms with Gasteiger partial charge in [0.15, 0.2) is 46.5 Å².